The van der Waals surface area contributed by atoms with Crippen molar-refractivity contribution in [2.24, 2.45) is 0 Å². The van der Waals surface area contributed by atoms with Gasteiger partial charge in [0.05, 0.1) is 11.3 Å². The molecule has 0 aliphatic heterocycles. The van der Waals surface area contributed by atoms with E-state index >= 15 is 0 Å². The summed E-state index contributed by atoms with van der Waals surface area (Å²) < 4.78 is 5.28. The SMILES string of the molecule is Cc1ccc(/C=C/C(=O)Nc2ccc(Cl)cc2C(=O)O)o1. The molecule has 1 amide bonds. The second kappa shape index (κ2) is 6.28. The molecule has 21 heavy (non-hydrogen) atoms. The quantitative estimate of drug-likeness (QED) is 0.846. The van der Waals surface area contributed by atoms with Crippen molar-refractivity contribution in [3.8, 4) is 0 Å². The number of carboxylic acids is 1. The molecule has 0 saturated carbocycles. The normalized spacial score (nSPS) is 10.8. The van der Waals surface area contributed by atoms with Crippen molar-refractivity contribution in [2.75, 3.05) is 5.32 Å². The summed E-state index contributed by atoms with van der Waals surface area (Å²) in [6.45, 7) is 1.80. The summed E-state index contributed by atoms with van der Waals surface area (Å²) in [5.74, 6) is -0.356. The zero-order chi connectivity index (χ0) is 15.4. The highest BCUT2D eigenvalue weighted by atomic mass is 35.5. The van der Waals surface area contributed by atoms with Crippen LogP contribution in [-0.2, 0) is 4.79 Å². The van der Waals surface area contributed by atoms with E-state index in [1.54, 1.807) is 19.1 Å². The maximum atomic E-state index is 11.8. The number of furan rings is 1. The smallest absolute Gasteiger partial charge is 0.337 e. The Balaban J connectivity index is 2.13. The van der Waals surface area contributed by atoms with Crippen LogP contribution in [0, 0.1) is 6.92 Å². The van der Waals surface area contributed by atoms with E-state index in [-0.39, 0.29) is 16.3 Å². The molecule has 0 radical (unpaired) electrons. The second-order valence-corrected chi connectivity index (χ2v) is 4.70. The molecule has 0 aliphatic rings. The highest BCUT2D eigenvalue weighted by molar-refractivity contribution is 6.31. The van der Waals surface area contributed by atoms with Crippen molar-refractivity contribution in [3.63, 3.8) is 0 Å². The largest absolute Gasteiger partial charge is 0.478 e. The van der Waals surface area contributed by atoms with Crippen molar-refractivity contribution < 1.29 is 19.1 Å². The van der Waals surface area contributed by atoms with Crippen LogP contribution in [0.1, 0.15) is 21.9 Å². The minimum Gasteiger partial charge on any atom is -0.478 e. The molecule has 0 bridgehead atoms. The number of anilines is 1. The van der Waals surface area contributed by atoms with Crippen molar-refractivity contribution in [3.05, 3.63) is 58.5 Å². The van der Waals surface area contributed by atoms with E-state index in [1.807, 2.05) is 0 Å². The molecule has 0 aliphatic carbocycles. The van der Waals surface area contributed by atoms with E-state index in [0.717, 1.165) is 5.76 Å². The van der Waals surface area contributed by atoms with Gasteiger partial charge in [-0.15, -0.1) is 0 Å². The zero-order valence-corrected chi connectivity index (χ0v) is 11.8. The lowest BCUT2D eigenvalue weighted by atomic mass is 10.2. The van der Waals surface area contributed by atoms with Crippen LogP contribution < -0.4 is 5.32 Å². The van der Waals surface area contributed by atoms with Crippen molar-refractivity contribution in [1.82, 2.24) is 0 Å². The van der Waals surface area contributed by atoms with Crippen molar-refractivity contribution in [2.45, 2.75) is 6.92 Å². The van der Waals surface area contributed by atoms with Gasteiger partial charge < -0.3 is 14.8 Å². The molecule has 2 aromatic rings. The van der Waals surface area contributed by atoms with Crippen LogP contribution in [0.25, 0.3) is 6.08 Å². The maximum Gasteiger partial charge on any atom is 0.337 e. The molecule has 5 nitrogen and oxygen atoms in total. The lowest BCUT2D eigenvalue weighted by molar-refractivity contribution is -0.111. The number of carboxylic acid groups (broad SMARTS) is 1. The summed E-state index contributed by atoms with van der Waals surface area (Å²) in [6.07, 6.45) is 2.76. The molecule has 2 N–H and O–H groups in total. The number of amides is 1. The molecule has 1 heterocycles. The number of hydrogen-bond acceptors (Lipinski definition) is 3. The van der Waals surface area contributed by atoms with Crippen molar-refractivity contribution in [1.29, 1.82) is 0 Å². The van der Waals surface area contributed by atoms with E-state index in [0.29, 0.717) is 5.76 Å². The summed E-state index contributed by atoms with van der Waals surface area (Å²) in [6, 6.07) is 7.72. The van der Waals surface area contributed by atoms with Gasteiger partial charge >= 0.3 is 5.97 Å². The average Bonchev–Trinajstić information content (AvgIpc) is 2.84. The first-order valence-corrected chi connectivity index (χ1v) is 6.42. The first kappa shape index (κ1) is 14.9. The number of carbonyl (C=O) groups is 2. The Morgan fingerprint density at radius 1 is 1.29 bits per heavy atom. The van der Waals surface area contributed by atoms with Crippen LogP contribution in [0.5, 0.6) is 0 Å². The van der Waals surface area contributed by atoms with Gasteiger partial charge in [-0.3, -0.25) is 4.79 Å². The van der Waals surface area contributed by atoms with E-state index < -0.39 is 11.9 Å². The molecule has 1 aromatic carbocycles. The molecule has 0 spiro atoms. The lowest BCUT2D eigenvalue weighted by Gasteiger charge is -2.06. The Bertz CT molecular complexity index is 718. The van der Waals surface area contributed by atoms with Crippen LogP contribution in [0.3, 0.4) is 0 Å². The number of aromatic carboxylic acids is 1. The number of carbonyl (C=O) groups excluding carboxylic acids is 1. The Labute approximate surface area is 125 Å². The van der Waals surface area contributed by atoms with E-state index in [4.69, 9.17) is 21.1 Å². The topological polar surface area (TPSA) is 79.5 Å². The zero-order valence-electron chi connectivity index (χ0n) is 11.1. The Kier molecular flexibility index (Phi) is 4.45. The minimum absolute atomic E-state index is 0.0712. The van der Waals surface area contributed by atoms with Crippen LogP contribution in [0.4, 0.5) is 5.69 Å². The van der Waals surface area contributed by atoms with Gasteiger partial charge in [0, 0.05) is 11.1 Å². The number of benzene rings is 1. The van der Waals surface area contributed by atoms with Gasteiger partial charge in [-0.1, -0.05) is 11.6 Å². The predicted molar refractivity (Wildman–Crippen MR) is 79.5 cm³/mol. The highest BCUT2D eigenvalue weighted by Gasteiger charge is 2.12. The molecule has 6 heteroatoms. The van der Waals surface area contributed by atoms with Crippen LogP contribution >= 0.6 is 11.6 Å². The summed E-state index contributed by atoms with van der Waals surface area (Å²) >= 11 is 5.74. The molecule has 0 fully saturated rings. The number of hydrogen-bond donors (Lipinski definition) is 2. The molecule has 108 valence electrons. The third-order valence-corrected chi connectivity index (χ3v) is 2.87. The van der Waals surface area contributed by atoms with Gasteiger partial charge in [0.1, 0.15) is 11.5 Å². The molecule has 0 saturated heterocycles. The number of aryl methyl sites for hydroxylation is 1. The van der Waals surface area contributed by atoms with Gasteiger partial charge in [0.15, 0.2) is 0 Å². The Morgan fingerprint density at radius 2 is 2.05 bits per heavy atom. The molecular weight excluding hydrogens is 294 g/mol. The van der Waals surface area contributed by atoms with E-state index in [2.05, 4.69) is 5.32 Å². The number of halogens is 1. The standard InChI is InChI=1S/C15H12ClNO4/c1-9-2-4-11(21-9)5-7-14(18)17-13-6-3-10(16)8-12(13)15(19)20/h2-8H,1H3,(H,17,18)(H,19,20)/b7-5+. The van der Waals surface area contributed by atoms with Crippen LogP contribution in [0.2, 0.25) is 5.02 Å². The fraction of sp³-hybridized carbons (Fsp3) is 0.0667. The lowest BCUT2D eigenvalue weighted by Crippen LogP contribution is -2.11. The maximum absolute atomic E-state index is 11.8. The van der Waals surface area contributed by atoms with E-state index in [9.17, 15) is 9.59 Å². The highest BCUT2D eigenvalue weighted by Crippen LogP contribution is 2.21. The molecule has 2 rings (SSSR count). The Hall–Kier alpha value is -2.53. The van der Waals surface area contributed by atoms with Crippen molar-refractivity contribution >= 4 is 35.2 Å². The number of nitrogens with one attached hydrogen (secondary N) is 1. The molecule has 1 aromatic heterocycles. The van der Waals surface area contributed by atoms with Gasteiger partial charge in [0.25, 0.3) is 0 Å². The minimum atomic E-state index is -1.17. The summed E-state index contributed by atoms with van der Waals surface area (Å²) in [4.78, 5) is 22.9. The molecule has 0 unspecified atom stereocenters. The summed E-state index contributed by atoms with van der Waals surface area (Å²) in [5, 5.41) is 11.8. The first-order valence-electron chi connectivity index (χ1n) is 6.04. The summed E-state index contributed by atoms with van der Waals surface area (Å²) in [5.41, 5.74) is 0.107. The van der Waals surface area contributed by atoms with Gasteiger partial charge in [-0.2, -0.15) is 0 Å². The fourth-order valence-electron chi connectivity index (χ4n) is 1.68. The van der Waals surface area contributed by atoms with Gasteiger partial charge in [-0.25, -0.2) is 4.79 Å². The molecular formula is C15H12ClNO4. The second-order valence-electron chi connectivity index (χ2n) is 4.27. The average molecular weight is 306 g/mol. The first-order chi connectivity index (χ1) is 9.95. The van der Waals surface area contributed by atoms with Gasteiger partial charge in [-0.05, 0) is 43.3 Å². The number of rotatable bonds is 4. The monoisotopic (exact) mass is 305 g/mol. The van der Waals surface area contributed by atoms with Crippen LogP contribution in [0.15, 0.2) is 40.8 Å². The molecule has 0 atom stereocenters. The van der Waals surface area contributed by atoms with Crippen LogP contribution in [-0.4, -0.2) is 17.0 Å². The summed E-state index contributed by atoms with van der Waals surface area (Å²) in [7, 11) is 0. The van der Waals surface area contributed by atoms with E-state index in [1.165, 1.54) is 30.4 Å². The van der Waals surface area contributed by atoms with Gasteiger partial charge in [0.2, 0.25) is 5.91 Å². The third kappa shape index (κ3) is 3.97. The fourth-order valence-corrected chi connectivity index (χ4v) is 1.85. The third-order valence-electron chi connectivity index (χ3n) is 2.63. The predicted octanol–water partition coefficient (Wildman–Crippen LogP) is 3.59. The Morgan fingerprint density at radius 3 is 2.67 bits per heavy atom.